The van der Waals surface area contributed by atoms with Crippen LogP contribution < -0.4 is 10.6 Å². The van der Waals surface area contributed by atoms with Crippen molar-refractivity contribution in [3.63, 3.8) is 0 Å². The number of amides is 1. The van der Waals surface area contributed by atoms with E-state index < -0.39 is 0 Å². The minimum absolute atomic E-state index is 0.218. The molecule has 1 aromatic carbocycles. The van der Waals surface area contributed by atoms with Gasteiger partial charge in [0.05, 0.1) is 6.54 Å². The second-order valence-electron chi connectivity index (χ2n) is 5.78. The molecule has 2 aliphatic heterocycles. The summed E-state index contributed by atoms with van der Waals surface area (Å²) in [6.45, 7) is 2.99. The molecule has 4 nitrogen and oxygen atoms in total. The van der Waals surface area contributed by atoms with E-state index in [1.54, 1.807) is 0 Å². The molecule has 3 rings (SSSR count). The van der Waals surface area contributed by atoms with E-state index in [-0.39, 0.29) is 5.91 Å². The van der Waals surface area contributed by atoms with E-state index in [0.29, 0.717) is 19.1 Å². The molecule has 0 saturated carbocycles. The molecule has 0 aliphatic carbocycles. The van der Waals surface area contributed by atoms with Crippen LogP contribution in [0.2, 0.25) is 0 Å². The van der Waals surface area contributed by atoms with Crippen LogP contribution in [0.1, 0.15) is 24.8 Å². The van der Waals surface area contributed by atoms with Crippen LogP contribution in [0.4, 0.5) is 5.69 Å². The summed E-state index contributed by atoms with van der Waals surface area (Å²) >= 11 is 0. The van der Waals surface area contributed by atoms with Crippen LogP contribution >= 0.6 is 0 Å². The molecule has 108 valence electrons. The Bertz CT molecular complexity index is 488. The second-order valence-corrected chi connectivity index (χ2v) is 5.78. The molecule has 0 radical (unpaired) electrons. The maximum atomic E-state index is 12.6. The number of carbonyl (C=O) groups excluding carboxylic acids is 1. The molecule has 0 bridgehead atoms. The van der Waals surface area contributed by atoms with Gasteiger partial charge in [0.1, 0.15) is 0 Å². The topological polar surface area (TPSA) is 49.6 Å². The number of para-hydroxylation sites is 1. The summed E-state index contributed by atoms with van der Waals surface area (Å²) in [5.41, 5.74) is 8.22. The third-order valence-corrected chi connectivity index (χ3v) is 4.55. The first-order valence-electron chi connectivity index (χ1n) is 7.62. The van der Waals surface area contributed by atoms with Gasteiger partial charge in [0.2, 0.25) is 5.91 Å². The van der Waals surface area contributed by atoms with E-state index in [1.165, 1.54) is 18.4 Å². The quantitative estimate of drug-likeness (QED) is 0.905. The fourth-order valence-electron chi connectivity index (χ4n) is 3.39. The SMILES string of the molecule is NCC1CCCCN1CC(=O)N1CCc2ccccc21. The second kappa shape index (κ2) is 5.94. The summed E-state index contributed by atoms with van der Waals surface area (Å²) in [6, 6.07) is 8.60. The molecular formula is C16H23N3O. The molecule has 20 heavy (non-hydrogen) atoms. The van der Waals surface area contributed by atoms with Gasteiger partial charge < -0.3 is 10.6 Å². The number of nitrogens with two attached hydrogens (primary N) is 1. The Kier molecular flexibility index (Phi) is 4.03. The number of nitrogens with zero attached hydrogens (tertiary/aromatic N) is 2. The van der Waals surface area contributed by atoms with Crippen LogP contribution in [0.3, 0.4) is 0 Å². The molecule has 1 atom stereocenters. The highest BCUT2D eigenvalue weighted by molar-refractivity contribution is 5.96. The van der Waals surface area contributed by atoms with Crippen molar-refractivity contribution in [2.45, 2.75) is 31.7 Å². The molecule has 0 spiro atoms. The summed E-state index contributed by atoms with van der Waals surface area (Å²) in [4.78, 5) is 16.8. The Morgan fingerprint density at radius 2 is 2.10 bits per heavy atom. The van der Waals surface area contributed by atoms with Crippen LogP contribution in [0.15, 0.2) is 24.3 Å². The molecule has 0 aromatic heterocycles. The Labute approximate surface area is 120 Å². The third-order valence-electron chi connectivity index (χ3n) is 4.55. The van der Waals surface area contributed by atoms with Gasteiger partial charge in [-0.1, -0.05) is 24.6 Å². The molecule has 1 unspecified atom stereocenters. The number of hydrogen-bond donors (Lipinski definition) is 1. The Balaban J connectivity index is 1.68. The van der Waals surface area contributed by atoms with E-state index in [4.69, 9.17) is 5.73 Å². The van der Waals surface area contributed by atoms with E-state index in [9.17, 15) is 4.79 Å². The lowest BCUT2D eigenvalue weighted by Gasteiger charge is -2.35. The van der Waals surface area contributed by atoms with Crippen molar-refractivity contribution in [3.05, 3.63) is 29.8 Å². The maximum Gasteiger partial charge on any atom is 0.241 e. The van der Waals surface area contributed by atoms with Crippen LogP contribution in [-0.2, 0) is 11.2 Å². The zero-order valence-electron chi connectivity index (χ0n) is 11.9. The van der Waals surface area contributed by atoms with Gasteiger partial charge in [-0.15, -0.1) is 0 Å². The first-order chi connectivity index (χ1) is 9.79. The minimum atomic E-state index is 0.218. The molecule has 1 saturated heterocycles. The fraction of sp³-hybridized carbons (Fsp3) is 0.562. The monoisotopic (exact) mass is 273 g/mol. The summed E-state index contributed by atoms with van der Waals surface area (Å²) in [5, 5.41) is 0. The van der Waals surface area contributed by atoms with Crippen molar-refractivity contribution in [2.75, 3.05) is 31.1 Å². The Hall–Kier alpha value is -1.39. The predicted molar refractivity (Wildman–Crippen MR) is 80.8 cm³/mol. The van der Waals surface area contributed by atoms with Crippen LogP contribution in [0.25, 0.3) is 0 Å². The lowest BCUT2D eigenvalue weighted by atomic mass is 10.0. The summed E-state index contributed by atoms with van der Waals surface area (Å²) < 4.78 is 0. The fourth-order valence-corrected chi connectivity index (χ4v) is 3.39. The van der Waals surface area contributed by atoms with Gasteiger partial charge in [0.15, 0.2) is 0 Å². The number of carbonyl (C=O) groups is 1. The van der Waals surface area contributed by atoms with Gasteiger partial charge in [-0.3, -0.25) is 9.69 Å². The highest BCUT2D eigenvalue weighted by Crippen LogP contribution is 2.28. The zero-order valence-corrected chi connectivity index (χ0v) is 11.9. The van der Waals surface area contributed by atoms with Gasteiger partial charge >= 0.3 is 0 Å². The first-order valence-corrected chi connectivity index (χ1v) is 7.62. The average molecular weight is 273 g/mol. The summed E-state index contributed by atoms with van der Waals surface area (Å²) in [7, 11) is 0. The Morgan fingerprint density at radius 3 is 2.95 bits per heavy atom. The zero-order chi connectivity index (χ0) is 13.9. The van der Waals surface area contributed by atoms with E-state index in [0.717, 1.165) is 31.6 Å². The minimum Gasteiger partial charge on any atom is -0.329 e. The summed E-state index contributed by atoms with van der Waals surface area (Å²) in [6.07, 6.45) is 4.52. The molecular weight excluding hydrogens is 250 g/mol. The van der Waals surface area contributed by atoms with Crippen LogP contribution in [0.5, 0.6) is 0 Å². The number of likely N-dealkylation sites (tertiary alicyclic amines) is 1. The van der Waals surface area contributed by atoms with Gasteiger partial charge in [0, 0.05) is 24.8 Å². The van der Waals surface area contributed by atoms with Crippen molar-refractivity contribution in [1.82, 2.24) is 4.90 Å². The van der Waals surface area contributed by atoms with Crippen molar-refractivity contribution >= 4 is 11.6 Å². The maximum absolute atomic E-state index is 12.6. The standard InChI is InChI=1S/C16H23N3O/c17-11-14-6-3-4-9-18(14)12-16(20)19-10-8-13-5-1-2-7-15(13)19/h1-2,5,7,14H,3-4,6,8-12,17H2. The molecule has 2 N–H and O–H groups in total. The van der Waals surface area contributed by atoms with Crippen molar-refractivity contribution < 1.29 is 4.79 Å². The highest BCUT2D eigenvalue weighted by Gasteiger charge is 2.28. The normalized spacial score (nSPS) is 22.9. The average Bonchev–Trinajstić information content (AvgIpc) is 2.92. The highest BCUT2D eigenvalue weighted by atomic mass is 16.2. The first kappa shape index (κ1) is 13.6. The number of rotatable bonds is 3. The van der Waals surface area contributed by atoms with Crippen molar-refractivity contribution in [3.8, 4) is 0 Å². The lowest BCUT2D eigenvalue weighted by molar-refractivity contribution is -0.120. The number of hydrogen-bond acceptors (Lipinski definition) is 3. The molecule has 1 fully saturated rings. The van der Waals surface area contributed by atoms with E-state index in [1.807, 2.05) is 17.0 Å². The molecule has 2 aliphatic rings. The van der Waals surface area contributed by atoms with Crippen molar-refractivity contribution in [1.29, 1.82) is 0 Å². The van der Waals surface area contributed by atoms with Gasteiger partial charge in [-0.2, -0.15) is 0 Å². The van der Waals surface area contributed by atoms with Gasteiger partial charge in [0.25, 0.3) is 0 Å². The summed E-state index contributed by atoms with van der Waals surface area (Å²) in [5.74, 6) is 0.218. The molecule has 4 heteroatoms. The molecule has 1 amide bonds. The van der Waals surface area contributed by atoms with Crippen LogP contribution in [0, 0.1) is 0 Å². The smallest absolute Gasteiger partial charge is 0.241 e. The molecule has 2 heterocycles. The number of anilines is 1. The predicted octanol–water partition coefficient (Wildman–Crippen LogP) is 1.39. The largest absolute Gasteiger partial charge is 0.329 e. The van der Waals surface area contributed by atoms with Gasteiger partial charge in [-0.25, -0.2) is 0 Å². The number of benzene rings is 1. The lowest BCUT2D eigenvalue weighted by Crippen LogP contribution is -2.49. The van der Waals surface area contributed by atoms with Crippen molar-refractivity contribution in [2.24, 2.45) is 5.73 Å². The number of piperidine rings is 1. The van der Waals surface area contributed by atoms with Crippen LogP contribution in [-0.4, -0.2) is 43.0 Å². The van der Waals surface area contributed by atoms with Gasteiger partial charge in [-0.05, 0) is 37.4 Å². The number of fused-ring (bicyclic) bond motifs is 1. The third kappa shape index (κ3) is 2.58. The van der Waals surface area contributed by atoms with E-state index >= 15 is 0 Å². The molecule has 1 aromatic rings. The Morgan fingerprint density at radius 1 is 1.25 bits per heavy atom. The van der Waals surface area contributed by atoms with E-state index in [2.05, 4.69) is 17.0 Å².